The summed E-state index contributed by atoms with van der Waals surface area (Å²) in [5.74, 6) is 1.06. The number of nitrogens with one attached hydrogen (secondary N) is 1. The molecular weight excluding hydrogens is 354 g/mol. The Bertz CT molecular complexity index is 781. The van der Waals surface area contributed by atoms with Gasteiger partial charge in [0.25, 0.3) is 0 Å². The van der Waals surface area contributed by atoms with Gasteiger partial charge in [-0.1, -0.05) is 13.3 Å². The number of amides is 1. The number of unbranched alkanes of at least 4 members (excludes halogenated alkanes) is 1. The van der Waals surface area contributed by atoms with Crippen LogP contribution in [0.25, 0.3) is 0 Å². The van der Waals surface area contributed by atoms with Crippen molar-refractivity contribution >= 4 is 11.7 Å². The normalized spacial score (nSPS) is 23.4. The number of carbonyl (C=O) groups excluding carboxylic acids is 2. The molecule has 1 amide bonds. The molecule has 1 aliphatic heterocycles. The minimum atomic E-state index is -0.799. The van der Waals surface area contributed by atoms with Crippen LogP contribution in [-0.2, 0) is 15.0 Å². The number of hydrogen-bond donors (Lipinski definition) is 2. The maximum Gasteiger partial charge on any atom is 0.230 e. The number of rotatable bonds is 5. The summed E-state index contributed by atoms with van der Waals surface area (Å²) in [4.78, 5) is 24.9. The van der Waals surface area contributed by atoms with Crippen LogP contribution in [0.4, 0.5) is 0 Å². The number of ether oxygens (including phenoxy) is 1. The van der Waals surface area contributed by atoms with Crippen LogP contribution in [0.5, 0.6) is 11.5 Å². The second kappa shape index (κ2) is 7.41. The van der Waals surface area contributed by atoms with Crippen molar-refractivity contribution in [3.05, 3.63) is 23.3 Å². The highest BCUT2D eigenvalue weighted by atomic mass is 16.5. The number of ketones is 1. The Hall–Kier alpha value is -2.04. The molecule has 0 radical (unpaired) electrons. The SMILES string of the molecule is CCCCNC(=O)C(C)(C)c1cc(O)c2c(c1)OC(C)(C)[C@@H]1CCC(=O)C[C@@H]21. The molecule has 2 N–H and O–H groups in total. The van der Waals surface area contributed by atoms with Gasteiger partial charge in [-0.25, -0.2) is 0 Å². The first-order valence-corrected chi connectivity index (χ1v) is 10.4. The summed E-state index contributed by atoms with van der Waals surface area (Å²) in [5, 5.41) is 13.9. The Labute approximate surface area is 167 Å². The van der Waals surface area contributed by atoms with Gasteiger partial charge >= 0.3 is 0 Å². The molecular formula is C23H33NO4. The zero-order chi connectivity index (χ0) is 20.7. The summed E-state index contributed by atoms with van der Waals surface area (Å²) in [5.41, 5.74) is 0.224. The van der Waals surface area contributed by atoms with Crippen molar-refractivity contribution in [1.82, 2.24) is 5.32 Å². The molecule has 0 aromatic heterocycles. The summed E-state index contributed by atoms with van der Waals surface area (Å²) in [7, 11) is 0. The Morgan fingerprint density at radius 3 is 2.75 bits per heavy atom. The van der Waals surface area contributed by atoms with E-state index in [4.69, 9.17) is 4.74 Å². The number of benzene rings is 1. The fourth-order valence-corrected chi connectivity index (χ4v) is 4.66. The molecule has 28 heavy (non-hydrogen) atoms. The lowest BCUT2D eigenvalue weighted by atomic mass is 9.66. The monoisotopic (exact) mass is 387 g/mol. The molecule has 1 fully saturated rings. The van der Waals surface area contributed by atoms with Crippen molar-refractivity contribution in [2.24, 2.45) is 5.92 Å². The Morgan fingerprint density at radius 1 is 1.36 bits per heavy atom. The van der Waals surface area contributed by atoms with Crippen molar-refractivity contribution in [3.8, 4) is 11.5 Å². The number of hydrogen-bond acceptors (Lipinski definition) is 4. The Balaban J connectivity index is 1.98. The van der Waals surface area contributed by atoms with E-state index < -0.39 is 11.0 Å². The van der Waals surface area contributed by atoms with E-state index in [1.807, 2.05) is 19.9 Å². The zero-order valence-electron chi connectivity index (χ0n) is 17.7. The van der Waals surface area contributed by atoms with Gasteiger partial charge in [-0.15, -0.1) is 0 Å². The standard InChI is InChI=1S/C23H33NO4/c1-6-7-10-24-21(27)22(2,3)14-11-18(26)20-16-13-15(25)8-9-17(16)23(4,5)28-19(20)12-14/h11-12,16-17,26H,6-10,13H2,1-5H3,(H,24,27)/t16-,17-/m1/s1. The van der Waals surface area contributed by atoms with Gasteiger partial charge in [-0.2, -0.15) is 0 Å². The number of Topliss-reactive ketones (excluding diaryl/α,β-unsaturated/α-hetero) is 1. The van der Waals surface area contributed by atoms with Crippen LogP contribution in [0.3, 0.4) is 0 Å². The maximum atomic E-state index is 12.7. The minimum absolute atomic E-state index is 0.0319. The largest absolute Gasteiger partial charge is 0.508 e. The van der Waals surface area contributed by atoms with Crippen LogP contribution >= 0.6 is 0 Å². The average molecular weight is 388 g/mol. The van der Waals surface area contributed by atoms with Crippen LogP contribution < -0.4 is 10.1 Å². The number of phenols is 1. The molecule has 154 valence electrons. The molecule has 5 heteroatoms. The summed E-state index contributed by atoms with van der Waals surface area (Å²) >= 11 is 0. The van der Waals surface area contributed by atoms with E-state index in [0.29, 0.717) is 30.7 Å². The molecule has 1 saturated carbocycles. The first-order valence-electron chi connectivity index (χ1n) is 10.4. The molecule has 2 aliphatic rings. The molecule has 0 bridgehead atoms. The van der Waals surface area contributed by atoms with Gasteiger partial charge in [0.1, 0.15) is 22.9 Å². The Kier molecular flexibility index (Phi) is 5.48. The van der Waals surface area contributed by atoms with Crippen molar-refractivity contribution in [2.75, 3.05) is 6.54 Å². The molecule has 2 atom stereocenters. The van der Waals surface area contributed by atoms with Crippen LogP contribution in [0.15, 0.2) is 12.1 Å². The van der Waals surface area contributed by atoms with E-state index in [1.54, 1.807) is 6.07 Å². The van der Waals surface area contributed by atoms with Crippen molar-refractivity contribution < 1.29 is 19.4 Å². The van der Waals surface area contributed by atoms with Crippen LogP contribution in [0.2, 0.25) is 0 Å². The van der Waals surface area contributed by atoms with Gasteiger partial charge < -0.3 is 15.2 Å². The number of aromatic hydroxyl groups is 1. The smallest absolute Gasteiger partial charge is 0.230 e. The van der Waals surface area contributed by atoms with Crippen LogP contribution in [0.1, 0.15) is 83.8 Å². The van der Waals surface area contributed by atoms with Crippen molar-refractivity contribution in [3.63, 3.8) is 0 Å². The highest BCUT2D eigenvalue weighted by molar-refractivity contribution is 5.88. The van der Waals surface area contributed by atoms with E-state index in [0.717, 1.165) is 24.8 Å². The van der Waals surface area contributed by atoms with Crippen LogP contribution in [-0.4, -0.2) is 28.9 Å². The fraction of sp³-hybridized carbons (Fsp3) is 0.652. The molecule has 5 nitrogen and oxygen atoms in total. The summed E-state index contributed by atoms with van der Waals surface area (Å²) in [6.45, 7) is 10.5. The van der Waals surface area contributed by atoms with E-state index in [-0.39, 0.29) is 29.3 Å². The Morgan fingerprint density at radius 2 is 2.07 bits per heavy atom. The van der Waals surface area contributed by atoms with Crippen molar-refractivity contribution in [2.45, 2.75) is 83.7 Å². The third kappa shape index (κ3) is 3.63. The summed E-state index contributed by atoms with van der Waals surface area (Å²) in [6.07, 6.45) is 3.75. The lowest BCUT2D eigenvalue weighted by Gasteiger charge is -2.47. The minimum Gasteiger partial charge on any atom is -0.508 e. The number of carbonyl (C=O) groups is 2. The van der Waals surface area contributed by atoms with Gasteiger partial charge in [0.05, 0.1) is 5.41 Å². The third-order valence-electron chi connectivity index (χ3n) is 6.53. The van der Waals surface area contributed by atoms with E-state index in [1.165, 1.54) is 0 Å². The molecule has 1 aliphatic carbocycles. The second-order valence-electron chi connectivity index (χ2n) is 9.34. The van der Waals surface area contributed by atoms with Crippen molar-refractivity contribution in [1.29, 1.82) is 0 Å². The van der Waals surface area contributed by atoms with E-state index >= 15 is 0 Å². The molecule has 1 heterocycles. The number of fused-ring (bicyclic) bond motifs is 3. The molecule has 0 saturated heterocycles. The zero-order valence-corrected chi connectivity index (χ0v) is 17.7. The van der Waals surface area contributed by atoms with Gasteiger partial charge in [0.15, 0.2) is 0 Å². The lowest BCUT2D eigenvalue weighted by Crippen LogP contribution is -2.47. The molecule has 0 unspecified atom stereocenters. The van der Waals surface area contributed by atoms with Gasteiger partial charge in [-0.05, 0) is 58.2 Å². The molecule has 1 aromatic rings. The van der Waals surface area contributed by atoms with E-state index in [2.05, 4.69) is 26.1 Å². The van der Waals surface area contributed by atoms with Crippen LogP contribution in [0, 0.1) is 5.92 Å². The predicted molar refractivity (Wildman–Crippen MR) is 109 cm³/mol. The summed E-state index contributed by atoms with van der Waals surface area (Å²) < 4.78 is 6.32. The first-order chi connectivity index (χ1) is 13.1. The third-order valence-corrected chi connectivity index (χ3v) is 6.53. The average Bonchev–Trinajstić information content (AvgIpc) is 2.60. The second-order valence-corrected chi connectivity index (χ2v) is 9.34. The highest BCUT2D eigenvalue weighted by Crippen LogP contribution is 2.54. The quantitative estimate of drug-likeness (QED) is 0.742. The predicted octanol–water partition coefficient (Wildman–Crippen LogP) is 4.21. The van der Waals surface area contributed by atoms with Gasteiger partial charge in [0.2, 0.25) is 5.91 Å². The van der Waals surface area contributed by atoms with Gasteiger partial charge in [-0.3, -0.25) is 9.59 Å². The topological polar surface area (TPSA) is 75.6 Å². The number of phenolic OH excluding ortho intramolecular Hbond substituents is 1. The molecule has 3 rings (SSSR count). The summed E-state index contributed by atoms with van der Waals surface area (Å²) in [6, 6.07) is 3.56. The fourth-order valence-electron chi connectivity index (χ4n) is 4.66. The lowest BCUT2D eigenvalue weighted by molar-refractivity contribution is -0.125. The first kappa shape index (κ1) is 20.7. The van der Waals surface area contributed by atoms with Gasteiger partial charge in [0, 0.05) is 36.8 Å². The molecule has 0 spiro atoms. The maximum absolute atomic E-state index is 12.7. The highest BCUT2D eigenvalue weighted by Gasteiger charge is 2.48. The van der Waals surface area contributed by atoms with E-state index in [9.17, 15) is 14.7 Å². The molecule has 1 aromatic carbocycles.